The maximum atomic E-state index is 13.8. The summed E-state index contributed by atoms with van der Waals surface area (Å²) in [5, 5.41) is 0.467. The zero-order valence-corrected chi connectivity index (χ0v) is 17.8. The Hall–Kier alpha value is -2.07. The summed E-state index contributed by atoms with van der Waals surface area (Å²) in [6, 6.07) is 12.5. The molecule has 1 unspecified atom stereocenters. The fourth-order valence-electron chi connectivity index (χ4n) is 3.81. The molecule has 6 nitrogen and oxygen atoms in total. The number of benzene rings is 2. The number of rotatable bonds is 5. The third-order valence-electron chi connectivity index (χ3n) is 5.46. The van der Waals surface area contributed by atoms with Crippen LogP contribution in [0.1, 0.15) is 25.3 Å². The van der Waals surface area contributed by atoms with Crippen LogP contribution >= 0.6 is 11.6 Å². The number of fused-ring (bicyclic) bond motifs is 1. The highest BCUT2D eigenvalue weighted by atomic mass is 35.5. The molecule has 0 saturated carbocycles. The van der Waals surface area contributed by atoms with Crippen molar-refractivity contribution in [1.29, 1.82) is 0 Å². The van der Waals surface area contributed by atoms with Gasteiger partial charge in [0.05, 0.1) is 22.0 Å². The van der Waals surface area contributed by atoms with Crippen LogP contribution in [0, 0.1) is 0 Å². The molecule has 0 spiro atoms. The average Bonchev–Trinajstić information content (AvgIpc) is 3.13. The van der Waals surface area contributed by atoms with E-state index in [4.69, 9.17) is 11.6 Å². The van der Waals surface area contributed by atoms with E-state index in [0.29, 0.717) is 29.1 Å². The number of imidazole rings is 1. The number of para-hydroxylation sites is 2. The minimum atomic E-state index is -3.63. The van der Waals surface area contributed by atoms with Crippen LogP contribution in [-0.2, 0) is 10.0 Å². The van der Waals surface area contributed by atoms with Crippen molar-refractivity contribution in [1.82, 2.24) is 18.8 Å². The fourth-order valence-corrected chi connectivity index (χ4v) is 5.36. The molecule has 0 N–H and O–H groups in total. The molecule has 10 heteroatoms. The molecular formula is C20H21ClF2N4O2S. The summed E-state index contributed by atoms with van der Waals surface area (Å²) in [6.45, 7) is 0.486. The summed E-state index contributed by atoms with van der Waals surface area (Å²) in [7, 11) is -3.63. The molecule has 1 aromatic heterocycles. The van der Waals surface area contributed by atoms with E-state index in [1.807, 2.05) is 11.8 Å². The number of halogens is 3. The second kappa shape index (κ2) is 8.22. The van der Waals surface area contributed by atoms with E-state index >= 15 is 0 Å². The second-order valence-corrected chi connectivity index (χ2v) is 9.55. The number of hydrogen-bond donors (Lipinski definition) is 0. The third kappa shape index (κ3) is 3.82. The summed E-state index contributed by atoms with van der Waals surface area (Å²) in [6.07, 6.45) is 0. The maximum Gasteiger partial charge on any atom is 0.320 e. The minimum absolute atomic E-state index is 0.188. The molecule has 0 aliphatic carbocycles. The normalized spacial score (nSPS) is 17.6. The van der Waals surface area contributed by atoms with E-state index in [-0.39, 0.29) is 29.9 Å². The van der Waals surface area contributed by atoms with Crippen molar-refractivity contribution in [3.05, 3.63) is 59.4 Å². The Kier molecular flexibility index (Phi) is 5.80. The standard InChI is InChI=1S/C20H21ClF2N4O2S/c1-14(19-24-17-4-2-3-5-18(17)27(19)20(22)23)25-10-12-26(13-11-25)30(28,29)16-8-6-15(21)7-9-16/h2-9,14,20H,10-13H2,1H3. The van der Waals surface area contributed by atoms with Gasteiger partial charge in [0, 0.05) is 31.2 Å². The lowest BCUT2D eigenvalue weighted by molar-refractivity contribution is 0.0616. The first-order valence-corrected chi connectivity index (χ1v) is 11.4. The summed E-state index contributed by atoms with van der Waals surface area (Å²) in [5.41, 5.74) is 0.905. The topological polar surface area (TPSA) is 58.4 Å². The number of alkyl halides is 2. The Bertz CT molecular complexity index is 1140. The molecule has 160 valence electrons. The van der Waals surface area contributed by atoms with Gasteiger partial charge >= 0.3 is 6.55 Å². The van der Waals surface area contributed by atoms with Crippen LogP contribution in [0.25, 0.3) is 11.0 Å². The van der Waals surface area contributed by atoms with E-state index in [9.17, 15) is 17.2 Å². The molecule has 30 heavy (non-hydrogen) atoms. The molecule has 0 bridgehead atoms. The van der Waals surface area contributed by atoms with Gasteiger partial charge in [-0.3, -0.25) is 9.47 Å². The van der Waals surface area contributed by atoms with Gasteiger partial charge in [0.1, 0.15) is 5.82 Å². The van der Waals surface area contributed by atoms with Gasteiger partial charge in [-0.2, -0.15) is 13.1 Å². The highest BCUT2D eigenvalue weighted by Gasteiger charge is 2.32. The van der Waals surface area contributed by atoms with Crippen molar-refractivity contribution in [2.24, 2.45) is 0 Å². The van der Waals surface area contributed by atoms with Crippen LogP contribution in [0.2, 0.25) is 5.02 Å². The largest absolute Gasteiger partial charge is 0.320 e. The predicted octanol–water partition coefficient (Wildman–Crippen LogP) is 4.15. The summed E-state index contributed by atoms with van der Waals surface area (Å²) < 4.78 is 55.6. The van der Waals surface area contributed by atoms with E-state index in [1.54, 1.807) is 36.4 Å². The molecule has 1 aliphatic rings. The van der Waals surface area contributed by atoms with E-state index < -0.39 is 16.6 Å². The molecular weight excluding hydrogens is 434 g/mol. The minimum Gasteiger partial charge on any atom is -0.291 e. The van der Waals surface area contributed by atoms with Crippen LogP contribution < -0.4 is 0 Å². The monoisotopic (exact) mass is 454 g/mol. The van der Waals surface area contributed by atoms with Crippen molar-refractivity contribution in [3.63, 3.8) is 0 Å². The third-order valence-corrected chi connectivity index (χ3v) is 7.63. The summed E-state index contributed by atoms with van der Waals surface area (Å²) in [5.74, 6) is 0.278. The Morgan fingerprint density at radius 3 is 2.27 bits per heavy atom. The smallest absolute Gasteiger partial charge is 0.291 e. The molecule has 2 aromatic carbocycles. The number of aromatic nitrogens is 2. The number of hydrogen-bond acceptors (Lipinski definition) is 4. The molecule has 1 fully saturated rings. The van der Waals surface area contributed by atoms with Crippen molar-refractivity contribution in [2.75, 3.05) is 26.2 Å². The molecule has 3 aromatic rings. The second-order valence-electron chi connectivity index (χ2n) is 7.18. The van der Waals surface area contributed by atoms with Gasteiger partial charge in [0.15, 0.2) is 0 Å². The zero-order valence-electron chi connectivity index (χ0n) is 16.2. The molecule has 1 saturated heterocycles. The van der Waals surface area contributed by atoms with Crippen LogP contribution in [0.5, 0.6) is 0 Å². The van der Waals surface area contributed by atoms with E-state index in [1.165, 1.54) is 16.4 Å². The maximum absolute atomic E-state index is 13.8. The lowest BCUT2D eigenvalue weighted by Gasteiger charge is -2.37. The van der Waals surface area contributed by atoms with Gasteiger partial charge in [0.2, 0.25) is 10.0 Å². The lowest BCUT2D eigenvalue weighted by atomic mass is 10.2. The lowest BCUT2D eigenvalue weighted by Crippen LogP contribution is -2.49. The Morgan fingerprint density at radius 2 is 1.63 bits per heavy atom. The molecule has 1 aliphatic heterocycles. The summed E-state index contributed by atoms with van der Waals surface area (Å²) >= 11 is 5.85. The predicted molar refractivity (Wildman–Crippen MR) is 111 cm³/mol. The van der Waals surface area contributed by atoms with Gasteiger partial charge in [-0.25, -0.2) is 13.4 Å². The number of piperazine rings is 1. The van der Waals surface area contributed by atoms with Crippen LogP contribution in [0.3, 0.4) is 0 Å². The average molecular weight is 455 g/mol. The Labute approximate surface area is 178 Å². The van der Waals surface area contributed by atoms with Crippen molar-refractivity contribution in [3.8, 4) is 0 Å². The molecule has 0 amide bonds. The first kappa shape index (κ1) is 21.2. The van der Waals surface area contributed by atoms with Crippen molar-refractivity contribution >= 4 is 32.7 Å². The van der Waals surface area contributed by atoms with Crippen LogP contribution in [0.15, 0.2) is 53.4 Å². The Balaban J connectivity index is 1.53. The Morgan fingerprint density at radius 1 is 1.00 bits per heavy atom. The van der Waals surface area contributed by atoms with Crippen LogP contribution in [0.4, 0.5) is 8.78 Å². The highest BCUT2D eigenvalue weighted by Crippen LogP contribution is 2.30. The van der Waals surface area contributed by atoms with Crippen molar-refractivity contribution in [2.45, 2.75) is 24.4 Å². The van der Waals surface area contributed by atoms with Gasteiger partial charge < -0.3 is 0 Å². The van der Waals surface area contributed by atoms with E-state index in [2.05, 4.69) is 4.98 Å². The van der Waals surface area contributed by atoms with Gasteiger partial charge in [-0.15, -0.1) is 0 Å². The molecule has 0 radical (unpaired) electrons. The number of sulfonamides is 1. The molecule has 4 rings (SSSR count). The van der Waals surface area contributed by atoms with Crippen molar-refractivity contribution < 1.29 is 17.2 Å². The number of nitrogens with zero attached hydrogens (tertiary/aromatic N) is 4. The first-order chi connectivity index (χ1) is 14.3. The fraction of sp³-hybridized carbons (Fsp3) is 0.350. The quantitative estimate of drug-likeness (QED) is 0.581. The van der Waals surface area contributed by atoms with Crippen LogP contribution in [-0.4, -0.2) is 53.4 Å². The van der Waals surface area contributed by atoms with Gasteiger partial charge in [0.25, 0.3) is 0 Å². The highest BCUT2D eigenvalue weighted by molar-refractivity contribution is 7.89. The molecule has 2 heterocycles. The summed E-state index contributed by atoms with van der Waals surface area (Å²) in [4.78, 5) is 6.60. The van der Waals surface area contributed by atoms with Gasteiger partial charge in [-0.1, -0.05) is 23.7 Å². The molecule has 1 atom stereocenters. The van der Waals surface area contributed by atoms with Gasteiger partial charge in [-0.05, 0) is 43.3 Å². The SMILES string of the molecule is CC(c1nc2ccccc2n1C(F)F)N1CCN(S(=O)(=O)c2ccc(Cl)cc2)CC1. The van der Waals surface area contributed by atoms with E-state index in [0.717, 1.165) is 4.57 Å². The first-order valence-electron chi connectivity index (χ1n) is 9.54. The zero-order chi connectivity index (χ0) is 21.5.